The molecule has 0 aliphatic rings. The van der Waals surface area contributed by atoms with Crippen LogP contribution in [-0.2, 0) is 0 Å². The van der Waals surface area contributed by atoms with Gasteiger partial charge < -0.3 is 14.6 Å². The predicted molar refractivity (Wildman–Crippen MR) is 111 cm³/mol. The Kier molecular flexibility index (Phi) is 5.07. The lowest BCUT2D eigenvalue weighted by molar-refractivity contribution is 0.102. The van der Waals surface area contributed by atoms with Gasteiger partial charge in [-0.1, -0.05) is 47.1 Å². The maximum Gasteiger partial charge on any atom is 0.260 e. The first-order chi connectivity index (χ1) is 14.1. The van der Waals surface area contributed by atoms with E-state index in [1.807, 2.05) is 49.4 Å². The predicted octanol–water partition coefficient (Wildman–Crippen LogP) is 4.97. The number of hydrogen-bond donors (Lipinski definition) is 1. The molecule has 0 aliphatic heterocycles. The molecule has 1 aromatic heterocycles. The molecule has 0 radical (unpaired) electrons. The van der Waals surface area contributed by atoms with E-state index in [-0.39, 0.29) is 5.91 Å². The minimum atomic E-state index is -0.238. The van der Waals surface area contributed by atoms with E-state index in [0.29, 0.717) is 34.3 Å². The number of aryl methyl sites for hydroxylation is 1. The summed E-state index contributed by atoms with van der Waals surface area (Å²) in [5.41, 5.74) is 3.79. The van der Waals surface area contributed by atoms with E-state index in [9.17, 15) is 4.79 Å². The van der Waals surface area contributed by atoms with Gasteiger partial charge in [-0.2, -0.15) is 4.98 Å². The van der Waals surface area contributed by atoms with Gasteiger partial charge in [0.15, 0.2) is 0 Å². The van der Waals surface area contributed by atoms with Crippen LogP contribution < -0.4 is 10.1 Å². The summed E-state index contributed by atoms with van der Waals surface area (Å²) in [5.74, 6) is 1.29. The molecule has 0 atom stereocenters. The van der Waals surface area contributed by atoms with E-state index in [1.54, 1.807) is 37.4 Å². The summed E-state index contributed by atoms with van der Waals surface area (Å²) in [6, 6.07) is 22.1. The molecule has 1 N–H and O–H groups in total. The minimum Gasteiger partial charge on any atom is -0.497 e. The number of nitrogens with one attached hydrogen (secondary N) is 1. The van der Waals surface area contributed by atoms with Crippen molar-refractivity contribution in [2.24, 2.45) is 0 Å². The maximum atomic E-state index is 12.6. The number of methoxy groups -OCH3 is 1. The van der Waals surface area contributed by atoms with Crippen LogP contribution in [0, 0.1) is 6.92 Å². The molecule has 0 aliphatic carbocycles. The Hall–Kier alpha value is -3.93. The smallest absolute Gasteiger partial charge is 0.260 e. The summed E-state index contributed by atoms with van der Waals surface area (Å²) in [6.45, 7) is 2.02. The van der Waals surface area contributed by atoms with Crippen LogP contribution in [0.3, 0.4) is 0 Å². The molecule has 6 heteroatoms. The Labute approximate surface area is 168 Å². The van der Waals surface area contributed by atoms with E-state index >= 15 is 0 Å². The van der Waals surface area contributed by atoms with Crippen LogP contribution in [0.5, 0.6) is 5.75 Å². The molecule has 1 heterocycles. The Balaban J connectivity index is 1.60. The lowest BCUT2D eigenvalue weighted by Gasteiger charge is -2.09. The van der Waals surface area contributed by atoms with Gasteiger partial charge in [-0.15, -0.1) is 0 Å². The largest absolute Gasteiger partial charge is 0.497 e. The molecule has 0 spiro atoms. The van der Waals surface area contributed by atoms with Crippen LogP contribution >= 0.6 is 0 Å². The number of amides is 1. The molecule has 0 saturated carbocycles. The standard InChI is InChI=1S/C23H19N3O3/c1-15-7-9-16(10-8-15)21-25-23(29-26-21)19-5-3-4-6-20(19)24-22(27)17-11-13-18(28-2)14-12-17/h3-14H,1-2H3,(H,24,27). The lowest BCUT2D eigenvalue weighted by atomic mass is 10.1. The highest BCUT2D eigenvalue weighted by Crippen LogP contribution is 2.29. The van der Waals surface area contributed by atoms with Gasteiger partial charge in [0.25, 0.3) is 11.8 Å². The Morgan fingerprint density at radius 3 is 2.41 bits per heavy atom. The zero-order chi connectivity index (χ0) is 20.2. The van der Waals surface area contributed by atoms with Crippen molar-refractivity contribution < 1.29 is 14.1 Å². The Morgan fingerprint density at radius 1 is 0.966 bits per heavy atom. The number of hydrogen-bond acceptors (Lipinski definition) is 5. The van der Waals surface area contributed by atoms with Crippen LogP contribution in [0.15, 0.2) is 77.3 Å². The second-order valence-corrected chi connectivity index (χ2v) is 6.52. The monoisotopic (exact) mass is 385 g/mol. The first-order valence-electron chi connectivity index (χ1n) is 9.09. The second kappa shape index (κ2) is 7.98. The number of aromatic nitrogens is 2. The number of para-hydroxylation sites is 1. The molecule has 6 nitrogen and oxygen atoms in total. The van der Waals surface area contributed by atoms with Crippen molar-refractivity contribution in [3.63, 3.8) is 0 Å². The summed E-state index contributed by atoms with van der Waals surface area (Å²) < 4.78 is 10.6. The van der Waals surface area contributed by atoms with Crippen LogP contribution in [-0.4, -0.2) is 23.2 Å². The minimum absolute atomic E-state index is 0.238. The van der Waals surface area contributed by atoms with Crippen molar-refractivity contribution >= 4 is 11.6 Å². The van der Waals surface area contributed by atoms with Crippen molar-refractivity contribution in [3.05, 3.63) is 83.9 Å². The van der Waals surface area contributed by atoms with Crippen LogP contribution in [0.2, 0.25) is 0 Å². The summed E-state index contributed by atoms with van der Waals surface area (Å²) in [7, 11) is 1.58. The average Bonchev–Trinajstić information content (AvgIpc) is 3.25. The molecule has 1 amide bonds. The molecule has 144 valence electrons. The lowest BCUT2D eigenvalue weighted by Crippen LogP contribution is -2.12. The van der Waals surface area contributed by atoms with Crippen molar-refractivity contribution in [2.45, 2.75) is 6.92 Å². The number of carbonyl (C=O) groups excluding carboxylic acids is 1. The van der Waals surface area contributed by atoms with Gasteiger partial charge in [-0.05, 0) is 43.3 Å². The van der Waals surface area contributed by atoms with E-state index < -0.39 is 0 Å². The highest BCUT2D eigenvalue weighted by Gasteiger charge is 2.16. The zero-order valence-electron chi connectivity index (χ0n) is 16.0. The number of nitrogens with zero attached hydrogens (tertiary/aromatic N) is 2. The molecule has 4 rings (SSSR count). The van der Waals surface area contributed by atoms with Crippen LogP contribution in [0.25, 0.3) is 22.8 Å². The fourth-order valence-electron chi connectivity index (χ4n) is 2.87. The van der Waals surface area contributed by atoms with Gasteiger partial charge in [-0.25, -0.2) is 0 Å². The van der Waals surface area contributed by atoms with Crippen molar-refractivity contribution in [3.8, 4) is 28.6 Å². The third-order valence-electron chi connectivity index (χ3n) is 4.49. The summed E-state index contributed by atoms with van der Waals surface area (Å²) in [6.07, 6.45) is 0. The second-order valence-electron chi connectivity index (χ2n) is 6.52. The first kappa shape index (κ1) is 18.4. The summed E-state index contributed by atoms with van der Waals surface area (Å²) in [5, 5.41) is 6.99. The van der Waals surface area contributed by atoms with Crippen molar-refractivity contribution in [1.29, 1.82) is 0 Å². The third kappa shape index (κ3) is 4.01. The van der Waals surface area contributed by atoms with Gasteiger partial charge in [0.1, 0.15) is 5.75 Å². The van der Waals surface area contributed by atoms with Crippen LogP contribution in [0.1, 0.15) is 15.9 Å². The molecule has 0 saturated heterocycles. The van der Waals surface area contributed by atoms with Gasteiger partial charge in [-0.3, -0.25) is 4.79 Å². The Bertz CT molecular complexity index is 1130. The molecule has 0 unspecified atom stereocenters. The first-order valence-corrected chi connectivity index (χ1v) is 9.09. The van der Waals surface area contributed by atoms with Crippen LogP contribution in [0.4, 0.5) is 5.69 Å². The molecule has 3 aromatic carbocycles. The number of rotatable bonds is 5. The third-order valence-corrected chi connectivity index (χ3v) is 4.49. The highest BCUT2D eigenvalue weighted by atomic mass is 16.5. The van der Waals surface area contributed by atoms with Gasteiger partial charge in [0.05, 0.1) is 18.4 Å². The van der Waals surface area contributed by atoms with Gasteiger partial charge in [0.2, 0.25) is 5.82 Å². The molecular weight excluding hydrogens is 366 g/mol. The fraction of sp³-hybridized carbons (Fsp3) is 0.0870. The van der Waals surface area contributed by atoms with Gasteiger partial charge >= 0.3 is 0 Å². The van der Waals surface area contributed by atoms with E-state index in [4.69, 9.17) is 9.26 Å². The topological polar surface area (TPSA) is 77.2 Å². The van der Waals surface area contributed by atoms with E-state index in [0.717, 1.165) is 11.1 Å². The SMILES string of the molecule is COc1ccc(C(=O)Nc2ccccc2-c2nc(-c3ccc(C)cc3)no2)cc1. The quantitative estimate of drug-likeness (QED) is 0.525. The number of anilines is 1. The number of ether oxygens (including phenoxy) is 1. The average molecular weight is 385 g/mol. The summed E-state index contributed by atoms with van der Waals surface area (Å²) in [4.78, 5) is 17.1. The molecule has 29 heavy (non-hydrogen) atoms. The van der Waals surface area contributed by atoms with Crippen molar-refractivity contribution in [1.82, 2.24) is 10.1 Å². The normalized spacial score (nSPS) is 10.6. The number of carbonyl (C=O) groups is 1. The zero-order valence-corrected chi connectivity index (χ0v) is 16.0. The van der Waals surface area contributed by atoms with Gasteiger partial charge in [0, 0.05) is 11.1 Å². The molecule has 0 bridgehead atoms. The van der Waals surface area contributed by atoms with E-state index in [1.165, 1.54) is 0 Å². The summed E-state index contributed by atoms with van der Waals surface area (Å²) >= 11 is 0. The maximum absolute atomic E-state index is 12.6. The van der Waals surface area contributed by atoms with Crippen molar-refractivity contribution in [2.75, 3.05) is 12.4 Å². The fourth-order valence-corrected chi connectivity index (χ4v) is 2.87. The van der Waals surface area contributed by atoms with E-state index in [2.05, 4.69) is 15.5 Å². The highest BCUT2D eigenvalue weighted by molar-refractivity contribution is 6.06. The molecular formula is C23H19N3O3. The Morgan fingerprint density at radius 2 is 1.69 bits per heavy atom. The molecule has 4 aromatic rings. The number of benzene rings is 3. The molecule has 0 fully saturated rings.